The van der Waals surface area contributed by atoms with Crippen LogP contribution in [-0.4, -0.2) is 84.5 Å². The van der Waals surface area contributed by atoms with E-state index in [4.69, 9.17) is 9.73 Å². The molecule has 2 aliphatic rings. The summed E-state index contributed by atoms with van der Waals surface area (Å²) in [5.74, 6) is 3.21. The van der Waals surface area contributed by atoms with Crippen molar-refractivity contribution in [3.8, 4) is 0 Å². The van der Waals surface area contributed by atoms with E-state index < -0.39 is 5.60 Å². The van der Waals surface area contributed by atoms with Gasteiger partial charge >= 0.3 is 0 Å². The fourth-order valence-electron chi connectivity index (χ4n) is 4.16. The maximum Gasteiger partial charge on any atom is 0.191 e. The largest absolute Gasteiger partial charge is 0.388 e. The SMILES string of the molecule is CCCC(O)(CCC)CN=C(NCC)NCC1(N2CCOCC2)CCSC1.I. The van der Waals surface area contributed by atoms with Gasteiger partial charge in [-0.1, -0.05) is 26.7 Å². The monoisotopic (exact) mass is 528 g/mol. The van der Waals surface area contributed by atoms with Crippen LogP contribution in [0.5, 0.6) is 0 Å². The molecule has 0 bridgehead atoms. The fourth-order valence-corrected chi connectivity index (χ4v) is 5.64. The van der Waals surface area contributed by atoms with Crippen molar-refractivity contribution >= 4 is 41.7 Å². The van der Waals surface area contributed by atoms with Crippen LogP contribution in [0, 0.1) is 0 Å². The zero-order valence-electron chi connectivity index (χ0n) is 18.0. The lowest BCUT2D eigenvalue weighted by Gasteiger charge is -2.43. The number of hydrogen-bond donors (Lipinski definition) is 3. The molecule has 2 aliphatic heterocycles. The van der Waals surface area contributed by atoms with E-state index in [1.165, 1.54) is 12.2 Å². The highest BCUT2D eigenvalue weighted by molar-refractivity contribution is 14.0. The zero-order chi connectivity index (χ0) is 19.6. The molecular formula is C20H41IN4O2S. The zero-order valence-corrected chi connectivity index (χ0v) is 21.1. The molecule has 6 nitrogen and oxygen atoms in total. The third-order valence-corrected chi connectivity index (χ3v) is 6.89. The van der Waals surface area contributed by atoms with Crippen LogP contribution in [0.4, 0.5) is 0 Å². The molecule has 2 saturated heterocycles. The number of nitrogens with zero attached hydrogens (tertiary/aromatic N) is 2. The van der Waals surface area contributed by atoms with E-state index in [1.54, 1.807) is 0 Å². The third-order valence-electron chi connectivity index (χ3n) is 5.66. The topological polar surface area (TPSA) is 69.1 Å². The van der Waals surface area contributed by atoms with Crippen LogP contribution in [0.25, 0.3) is 0 Å². The van der Waals surface area contributed by atoms with Gasteiger partial charge in [-0.05, 0) is 31.9 Å². The summed E-state index contributed by atoms with van der Waals surface area (Å²) < 4.78 is 5.56. The average Bonchev–Trinajstić information content (AvgIpc) is 3.15. The molecule has 3 N–H and O–H groups in total. The predicted molar refractivity (Wildman–Crippen MR) is 131 cm³/mol. The van der Waals surface area contributed by atoms with Gasteiger partial charge in [0.2, 0.25) is 0 Å². The van der Waals surface area contributed by atoms with Crippen molar-refractivity contribution in [1.82, 2.24) is 15.5 Å². The van der Waals surface area contributed by atoms with Crippen molar-refractivity contribution in [2.24, 2.45) is 4.99 Å². The maximum atomic E-state index is 10.9. The van der Waals surface area contributed by atoms with E-state index in [-0.39, 0.29) is 29.5 Å². The van der Waals surface area contributed by atoms with Gasteiger partial charge in [-0.15, -0.1) is 24.0 Å². The summed E-state index contributed by atoms with van der Waals surface area (Å²) in [6, 6.07) is 0. The number of aliphatic imine (C=N–C) groups is 1. The lowest BCUT2D eigenvalue weighted by atomic mass is 9.93. The molecule has 2 fully saturated rings. The second kappa shape index (κ2) is 13.5. The predicted octanol–water partition coefficient (Wildman–Crippen LogP) is 2.70. The number of ether oxygens (including phenoxy) is 1. The van der Waals surface area contributed by atoms with E-state index in [2.05, 4.69) is 36.3 Å². The van der Waals surface area contributed by atoms with Gasteiger partial charge in [0.25, 0.3) is 0 Å². The highest BCUT2D eigenvalue weighted by Gasteiger charge is 2.40. The first-order valence-electron chi connectivity index (χ1n) is 10.7. The quantitative estimate of drug-likeness (QED) is 0.230. The number of morpholine rings is 1. The number of guanidine groups is 1. The molecule has 0 aromatic carbocycles. The van der Waals surface area contributed by atoms with E-state index in [9.17, 15) is 5.11 Å². The van der Waals surface area contributed by atoms with Crippen molar-refractivity contribution in [1.29, 1.82) is 0 Å². The fraction of sp³-hybridized carbons (Fsp3) is 0.950. The molecule has 0 amide bonds. The average molecular weight is 529 g/mol. The van der Waals surface area contributed by atoms with Crippen LogP contribution in [0.3, 0.4) is 0 Å². The number of halogens is 1. The summed E-state index contributed by atoms with van der Waals surface area (Å²) in [4.78, 5) is 7.36. The van der Waals surface area contributed by atoms with E-state index in [1.807, 2.05) is 11.8 Å². The van der Waals surface area contributed by atoms with Gasteiger partial charge in [0, 0.05) is 37.5 Å². The minimum absolute atomic E-state index is 0. The summed E-state index contributed by atoms with van der Waals surface area (Å²) in [6.07, 6.45) is 4.77. The Kier molecular flexibility index (Phi) is 12.7. The molecule has 0 spiro atoms. The highest BCUT2D eigenvalue weighted by atomic mass is 127. The third kappa shape index (κ3) is 7.81. The van der Waals surface area contributed by atoms with Crippen molar-refractivity contribution in [2.45, 2.75) is 64.0 Å². The summed E-state index contributed by atoms with van der Waals surface area (Å²) in [5.41, 5.74) is -0.495. The maximum absolute atomic E-state index is 10.9. The van der Waals surface area contributed by atoms with Crippen molar-refractivity contribution in [3.05, 3.63) is 0 Å². The van der Waals surface area contributed by atoms with Crippen molar-refractivity contribution < 1.29 is 9.84 Å². The first-order valence-corrected chi connectivity index (χ1v) is 11.9. The Morgan fingerprint density at radius 1 is 1.18 bits per heavy atom. The lowest BCUT2D eigenvalue weighted by molar-refractivity contribution is -0.0120. The van der Waals surface area contributed by atoms with Gasteiger partial charge in [-0.25, -0.2) is 0 Å². The van der Waals surface area contributed by atoms with Crippen LogP contribution in [0.2, 0.25) is 0 Å². The van der Waals surface area contributed by atoms with Crippen LogP contribution < -0.4 is 10.6 Å². The van der Waals surface area contributed by atoms with Gasteiger partial charge in [-0.2, -0.15) is 11.8 Å². The Labute approximate surface area is 193 Å². The Bertz CT molecular complexity index is 449. The highest BCUT2D eigenvalue weighted by Crippen LogP contribution is 2.33. The van der Waals surface area contributed by atoms with Gasteiger partial charge in [0.05, 0.1) is 25.4 Å². The van der Waals surface area contributed by atoms with Gasteiger partial charge in [0.1, 0.15) is 0 Å². The standard InChI is InChI=1S/C20H40N4O2S.HI/c1-4-7-20(25,8-5-2)16-23-18(21-6-3)22-15-19(9-14-27-17-19)24-10-12-26-13-11-24;/h25H,4-17H2,1-3H3,(H2,21,22,23);1H. The Morgan fingerprint density at radius 3 is 2.39 bits per heavy atom. The normalized spacial score (nSPS) is 24.1. The van der Waals surface area contributed by atoms with Crippen LogP contribution in [0.15, 0.2) is 4.99 Å². The minimum Gasteiger partial charge on any atom is -0.388 e. The van der Waals surface area contributed by atoms with Gasteiger partial charge in [0.15, 0.2) is 5.96 Å². The van der Waals surface area contributed by atoms with Crippen LogP contribution >= 0.6 is 35.7 Å². The Balaban J connectivity index is 0.00000392. The van der Waals surface area contributed by atoms with Gasteiger partial charge in [-0.3, -0.25) is 9.89 Å². The molecule has 1 unspecified atom stereocenters. The number of hydrogen-bond acceptors (Lipinski definition) is 5. The van der Waals surface area contributed by atoms with Crippen molar-refractivity contribution in [3.63, 3.8) is 0 Å². The summed E-state index contributed by atoms with van der Waals surface area (Å²) in [7, 11) is 0. The van der Waals surface area contributed by atoms with Crippen LogP contribution in [-0.2, 0) is 4.74 Å². The van der Waals surface area contributed by atoms with Crippen molar-refractivity contribution in [2.75, 3.05) is 57.4 Å². The summed E-state index contributed by atoms with van der Waals surface area (Å²) in [5, 5.41) is 17.8. The molecule has 0 aromatic heterocycles. The first kappa shape index (κ1) is 26.3. The van der Waals surface area contributed by atoms with E-state index in [0.29, 0.717) is 6.54 Å². The molecule has 28 heavy (non-hydrogen) atoms. The molecule has 8 heteroatoms. The molecule has 0 aliphatic carbocycles. The second-order valence-electron chi connectivity index (χ2n) is 7.90. The van der Waals surface area contributed by atoms with Crippen LogP contribution in [0.1, 0.15) is 52.9 Å². The number of nitrogens with one attached hydrogen (secondary N) is 2. The smallest absolute Gasteiger partial charge is 0.191 e. The molecule has 1 atom stereocenters. The molecule has 2 rings (SSSR count). The molecule has 0 radical (unpaired) electrons. The van der Waals surface area contributed by atoms with E-state index >= 15 is 0 Å². The first-order chi connectivity index (χ1) is 13.1. The molecule has 2 heterocycles. The van der Waals surface area contributed by atoms with Gasteiger partial charge < -0.3 is 20.5 Å². The molecule has 0 aromatic rings. The Morgan fingerprint density at radius 2 is 1.86 bits per heavy atom. The Hall–Kier alpha value is 0.230. The number of rotatable bonds is 10. The van der Waals surface area contributed by atoms with E-state index in [0.717, 1.165) is 76.8 Å². The molecule has 166 valence electrons. The lowest BCUT2D eigenvalue weighted by Crippen LogP contribution is -2.60. The summed E-state index contributed by atoms with van der Waals surface area (Å²) in [6.45, 7) is 12.2. The minimum atomic E-state index is -0.684. The number of aliphatic hydroxyl groups is 1. The second-order valence-corrected chi connectivity index (χ2v) is 9.00. The summed E-state index contributed by atoms with van der Waals surface area (Å²) >= 11 is 2.05. The molecular weight excluding hydrogens is 487 g/mol. The molecule has 0 saturated carbocycles. The number of thioether (sulfide) groups is 1.